The van der Waals surface area contributed by atoms with Crippen molar-refractivity contribution in [3.8, 4) is 0 Å². The van der Waals surface area contributed by atoms with E-state index < -0.39 is 28.8 Å². The van der Waals surface area contributed by atoms with Crippen molar-refractivity contribution in [2.75, 3.05) is 5.32 Å². The number of amides is 1. The first-order valence-corrected chi connectivity index (χ1v) is 9.38. The molecule has 1 N–H and O–H groups in total. The van der Waals surface area contributed by atoms with Gasteiger partial charge in [0.2, 0.25) is 0 Å². The quantitative estimate of drug-likeness (QED) is 0.701. The first-order valence-electron chi connectivity index (χ1n) is 8.56. The second kappa shape index (κ2) is 6.51. The van der Waals surface area contributed by atoms with Crippen molar-refractivity contribution in [2.24, 2.45) is 0 Å². The summed E-state index contributed by atoms with van der Waals surface area (Å²) in [6.07, 6.45) is -3.50. The van der Waals surface area contributed by atoms with Crippen LogP contribution in [-0.4, -0.2) is 16.7 Å². The van der Waals surface area contributed by atoms with Crippen molar-refractivity contribution in [3.05, 3.63) is 46.1 Å². The maximum Gasteiger partial charge on any atom is 0.416 e. The Balaban J connectivity index is 1.86. The Morgan fingerprint density at radius 1 is 1.26 bits per heavy atom. The number of hydrogen-bond donors (Lipinski definition) is 1. The molecule has 4 nitrogen and oxygen atoms in total. The molecule has 1 amide bonds. The molecule has 27 heavy (non-hydrogen) atoms. The maximum absolute atomic E-state index is 13.1. The van der Waals surface area contributed by atoms with E-state index in [-0.39, 0.29) is 0 Å². The Kier molecular flexibility index (Phi) is 4.74. The largest absolute Gasteiger partial charge is 0.444 e. The number of aryl methyl sites for hydroxylation is 1. The van der Waals surface area contributed by atoms with Crippen molar-refractivity contribution >= 4 is 22.4 Å². The fraction of sp³-hybridized carbons (Fsp3) is 0.474. The third-order valence-corrected chi connectivity index (χ3v) is 5.59. The lowest BCUT2D eigenvalue weighted by Crippen LogP contribution is -2.27. The van der Waals surface area contributed by atoms with Gasteiger partial charge >= 0.3 is 12.3 Å². The van der Waals surface area contributed by atoms with Gasteiger partial charge in [-0.05, 0) is 52.2 Å². The van der Waals surface area contributed by atoms with Crippen molar-refractivity contribution in [1.29, 1.82) is 0 Å². The molecule has 1 aromatic carbocycles. The van der Waals surface area contributed by atoms with Gasteiger partial charge in [-0.15, -0.1) is 0 Å². The van der Waals surface area contributed by atoms with Gasteiger partial charge in [0.15, 0.2) is 0 Å². The lowest BCUT2D eigenvalue weighted by Gasteiger charge is -2.19. The number of hydrogen-bond acceptors (Lipinski definition) is 4. The summed E-state index contributed by atoms with van der Waals surface area (Å²) >= 11 is 1.29. The molecule has 0 saturated heterocycles. The summed E-state index contributed by atoms with van der Waals surface area (Å²) in [5.41, 5.74) is -0.563. The summed E-state index contributed by atoms with van der Waals surface area (Å²) in [4.78, 5) is 16.5. The van der Waals surface area contributed by atoms with Crippen LogP contribution in [0.5, 0.6) is 0 Å². The molecule has 1 aromatic heterocycles. The van der Waals surface area contributed by atoms with E-state index in [1.54, 1.807) is 33.8 Å². The molecule has 3 rings (SSSR count). The van der Waals surface area contributed by atoms with Crippen molar-refractivity contribution in [2.45, 2.75) is 57.7 Å². The van der Waals surface area contributed by atoms with Gasteiger partial charge in [-0.1, -0.05) is 29.5 Å². The molecule has 0 aliphatic heterocycles. The molecule has 2 aromatic rings. The highest BCUT2D eigenvalue weighted by atomic mass is 32.1. The molecule has 1 heterocycles. The minimum Gasteiger partial charge on any atom is -0.444 e. The van der Waals surface area contributed by atoms with Gasteiger partial charge in [-0.25, -0.2) is 9.78 Å². The minimum atomic E-state index is -4.38. The van der Waals surface area contributed by atoms with Gasteiger partial charge in [0.25, 0.3) is 0 Å². The number of benzene rings is 1. The first kappa shape index (κ1) is 19.7. The predicted molar refractivity (Wildman–Crippen MR) is 98.2 cm³/mol. The van der Waals surface area contributed by atoms with E-state index in [4.69, 9.17) is 4.74 Å². The Morgan fingerprint density at radius 2 is 1.93 bits per heavy atom. The van der Waals surface area contributed by atoms with E-state index in [9.17, 15) is 18.0 Å². The Morgan fingerprint density at radius 3 is 2.48 bits per heavy atom. The number of aromatic nitrogens is 1. The standard InChI is InChI=1S/C19H21F3N2O2S/c1-11-14(24-16(25)26-17(2,3)4)27-15(23-11)18(8-9-18)12-6-5-7-13(10-12)19(20,21)22/h5-7,10H,8-9H2,1-4H3,(H,24,25). The minimum absolute atomic E-state index is 0.509. The first-order chi connectivity index (χ1) is 12.4. The van der Waals surface area contributed by atoms with Crippen LogP contribution in [0.3, 0.4) is 0 Å². The molecule has 1 saturated carbocycles. The number of nitrogens with zero attached hydrogens (tertiary/aromatic N) is 1. The normalized spacial score (nSPS) is 16.1. The molecule has 0 radical (unpaired) electrons. The van der Waals surface area contributed by atoms with Gasteiger partial charge in [-0.2, -0.15) is 13.2 Å². The van der Waals surface area contributed by atoms with E-state index >= 15 is 0 Å². The fourth-order valence-electron chi connectivity index (χ4n) is 2.86. The smallest absolute Gasteiger partial charge is 0.416 e. The Bertz CT molecular complexity index is 865. The summed E-state index contributed by atoms with van der Waals surface area (Å²) in [7, 11) is 0. The van der Waals surface area contributed by atoms with Gasteiger partial charge in [0.1, 0.15) is 15.6 Å². The van der Waals surface area contributed by atoms with Crippen LogP contribution in [0.25, 0.3) is 0 Å². The van der Waals surface area contributed by atoms with E-state index in [1.807, 2.05) is 0 Å². The van der Waals surface area contributed by atoms with Gasteiger partial charge in [-0.3, -0.25) is 5.32 Å². The number of carbonyl (C=O) groups is 1. The summed E-state index contributed by atoms with van der Waals surface area (Å²) in [6.45, 7) is 7.06. The molecule has 1 aliphatic rings. The number of thiazole rings is 1. The summed E-state index contributed by atoms with van der Waals surface area (Å²) in [5, 5.41) is 3.96. The van der Waals surface area contributed by atoms with Crippen LogP contribution in [0.1, 0.15) is 55.4 Å². The lowest BCUT2D eigenvalue weighted by atomic mass is 9.95. The molecular formula is C19H21F3N2O2S. The topological polar surface area (TPSA) is 51.2 Å². The number of rotatable bonds is 3. The number of alkyl halides is 3. The van der Waals surface area contributed by atoms with Crippen LogP contribution in [0.4, 0.5) is 23.0 Å². The molecule has 8 heteroatoms. The molecule has 0 bridgehead atoms. The molecule has 1 fully saturated rings. The van der Waals surface area contributed by atoms with Gasteiger partial charge in [0.05, 0.1) is 11.3 Å². The number of nitrogens with one attached hydrogen (secondary N) is 1. The Labute approximate surface area is 159 Å². The molecule has 0 spiro atoms. The predicted octanol–water partition coefficient (Wildman–Crippen LogP) is 5.90. The molecule has 0 atom stereocenters. The SMILES string of the molecule is Cc1nc(C2(c3cccc(C(F)(F)F)c3)CC2)sc1NC(=O)OC(C)(C)C. The summed E-state index contributed by atoms with van der Waals surface area (Å²) < 4.78 is 44.4. The summed E-state index contributed by atoms with van der Waals surface area (Å²) in [6, 6.07) is 5.41. The zero-order chi connectivity index (χ0) is 20.0. The highest BCUT2D eigenvalue weighted by Gasteiger charge is 2.49. The fourth-order valence-corrected chi connectivity index (χ4v) is 4.08. The lowest BCUT2D eigenvalue weighted by molar-refractivity contribution is -0.137. The van der Waals surface area contributed by atoms with Crippen molar-refractivity contribution in [3.63, 3.8) is 0 Å². The van der Waals surface area contributed by atoms with Gasteiger partial charge in [0, 0.05) is 5.41 Å². The van der Waals surface area contributed by atoms with Crippen LogP contribution in [-0.2, 0) is 16.3 Å². The van der Waals surface area contributed by atoms with Crippen molar-refractivity contribution in [1.82, 2.24) is 4.98 Å². The van der Waals surface area contributed by atoms with Crippen LogP contribution in [0.15, 0.2) is 24.3 Å². The zero-order valence-electron chi connectivity index (χ0n) is 15.5. The van der Waals surface area contributed by atoms with E-state index in [0.717, 1.165) is 18.9 Å². The van der Waals surface area contributed by atoms with Crippen LogP contribution < -0.4 is 5.32 Å². The van der Waals surface area contributed by atoms with Crippen molar-refractivity contribution < 1.29 is 22.7 Å². The Hall–Kier alpha value is -2.09. The molecular weight excluding hydrogens is 377 g/mol. The number of carbonyl (C=O) groups excluding carboxylic acids is 1. The average molecular weight is 398 g/mol. The number of ether oxygens (including phenoxy) is 1. The monoisotopic (exact) mass is 398 g/mol. The van der Waals surface area contributed by atoms with Crippen LogP contribution in [0, 0.1) is 6.92 Å². The second-order valence-electron chi connectivity index (χ2n) is 7.72. The number of halogens is 3. The number of anilines is 1. The van der Waals surface area contributed by atoms with E-state index in [1.165, 1.54) is 23.5 Å². The van der Waals surface area contributed by atoms with E-state index in [2.05, 4.69) is 10.3 Å². The highest BCUT2D eigenvalue weighted by Crippen LogP contribution is 2.56. The van der Waals surface area contributed by atoms with Gasteiger partial charge < -0.3 is 4.74 Å². The second-order valence-corrected chi connectivity index (χ2v) is 8.72. The molecule has 0 unspecified atom stereocenters. The third kappa shape index (κ3) is 4.26. The third-order valence-electron chi connectivity index (χ3n) is 4.31. The highest BCUT2D eigenvalue weighted by molar-refractivity contribution is 7.16. The maximum atomic E-state index is 13.1. The van der Waals surface area contributed by atoms with E-state index in [0.29, 0.717) is 21.3 Å². The van der Waals surface area contributed by atoms with Crippen LogP contribution in [0.2, 0.25) is 0 Å². The average Bonchev–Trinajstić information content (AvgIpc) is 3.25. The molecule has 146 valence electrons. The summed E-state index contributed by atoms with van der Waals surface area (Å²) in [5.74, 6) is 0. The zero-order valence-corrected chi connectivity index (χ0v) is 16.3. The molecule has 1 aliphatic carbocycles. The van der Waals surface area contributed by atoms with Crippen LogP contribution >= 0.6 is 11.3 Å².